The molecular formula is C54H34N2O2. The third-order valence-corrected chi connectivity index (χ3v) is 11.6. The highest BCUT2D eigenvalue weighted by molar-refractivity contribution is 6.20. The molecule has 272 valence electrons. The fourth-order valence-electron chi connectivity index (χ4n) is 8.83. The quantitative estimate of drug-likeness (QED) is 0.170. The maximum absolute atomic E-state index is 6.62. The zero-order valence-corrected chi connectivity index (χ0v) is 31.3. The molecule has 0 fully saturated rings. The van der Waals surface area contributed by atoms with Crippen molar-refractivity contribution in [3.8, 4) is 27.9 Å². The van der Waals surface area contributed by atoms with Gasteiger partial charge in [-0.15, -0.1) is 0 Å². The lowest BCUT2D eigenvalue weighted by Crippen LogP contribution is -2.10. The topological polar surface area (TPSA) is 34.5 Å². The van der Waals surface area contributed by atoms with Crippen LogP contribution in [0.25, 0.3) is 93.6 Å². The van der Waals surface area contributed by atoms with Gasteiger partial charge in [0.25, 0.3) is 0 Å². The molecule has 0 N–H and O–H groups in total. The predicted octanol–water partition coefficient (Wildman–Crippen LogP) is 15.4. The molecule has 0 aliphatic carbocycles. The van der Waals surface area contributed by atoms with Crippen LogP contribution in [0.4, 0.5) is 17.1 Å². The molecule has 0 unspecified atom stereocenters. The van der Waals surface area contributed by atoms with Crippen LogP contribution in [0.2, 0.25) is 0 Å². The summed E-state index contributed by atoms with van der Waals surface area (Å²) >= 11 is 0. The summed E-state index contributed by atoms with van der Waals surface area (Å²) in [5.74, 6) is 0. The van der Waals surface area contributed by atoms with E-state index in [0.29, 0.717) is 0 Å². The first kappa shape index (κ1) is 32.4. The van der Waals surface area contributed by atoms with Crippen LogP contribution >= 0.6 is 0 Å². The summed E-state index contributed by atoms with van der Waals surface area (Å²) in [6, 6.07) is 73.1. The molecule has 0 aliphatic heterocycles. The summed E-state index contributed by atoms with van der Waals surface area (Å²) < 4.78 is 15.4. The monoisotopic (exact) mass is 742 g/mol. The first-order chi connectivity index (χ1) is 28.7. The van der Waals surface area contributed by atoms with E-state index in [4.69, 9.17) is 8.83 Å². The van der Waals surface area contributed by atoms with Gasteiger partial charge < -0.3 is 13.7 Å². The van der Waals surface area contributed by atoms with E-state index >= 15 is 0 Å². The number of hydrogen-bond acceptors (Lipinski definition) is 3. The number of para-hydroxylation sites is 4. The Morgan fingerprint density at radius 3 is 1.86 bits per heavy atom. The molecule has 0 amide bonds. The number of anilines is 3. The van der Waals surface area contributed by atoms with Crippen molar-refractivity contribution in [3.05, 3.63) is 206 Å². The first-order valence-corrected chi connectivity index (χ1v) is 19.7. The molecular weight excluding hydrogens is 709 g/mol. The Labute approximate surface area is 334 Å². The SMILES string of the molecule is c1ccc(-c2ccc(N(c3ccc4cc(-c5ccc6oc7c(c6c5)c5ccccc5n7-c5ccccc5)ccc4c3)c3cccc4c3oc3ccccc34)cc2)cc1. The molecule has 12 aromatic rings. The van der Waals surface area contributed by atoms with E-state index in [0.717, 1.165) is 88.8 Å². The van der Waals surface area contributed by atoms with E-state index in [9.17, 15) is 0 Å². The van der Waals surface area contributed by atoms with E-state index in [1.54, 1.807) is 0 Å². The van der Waals surface area contributed by atoms with Crippen LogP contribution in [-0.4, -0.2) is 4.57 Å². The molecule has 0 spiro atoms. The lowest BCUT2D eigenvalue weighted by Gasteiger charge is -2.26. The van der Waals surface area contributed by atoms with Crippen molar-refractivity contribution < 1.29 is 8.83 Å². The number of nitrogens with zero attached hydrogens (tertiary/aromatic N) is 2. The van der Waals surface area contributed by atoms with E-state index < -0.39 is 0 Å². The molecule has 9 aromatic carbocycles. The summed E-state index contributed by atoms with van der Waals surface area (Å²) in [4.78, 5) is 2.32. The van der Waals surface area contributed by atoms with Crippen LogP contribution in [0.15, 0.2) is 215 Å². The highest BCUT2D eigenvalue weighted by atomic mass is 16.3. The first-order valence-electron chi connectivity index (χ1n) is 19.7. The van der Waals surface area contributed by atoms with Crippen molar-refractivity contribution in [2.45, 2.75) is 0 Å². The van der Waals surface area contributed by atoms with Gasteiger partial charge in [0, 0.05) is 38.6 Å². The fourth-order valence-corrected chi connectivity index (χ4v) is 8.83. The summed E-state index contributed by atoms with van der Waals surface area (Å²) in [7, 11) is 0. The molecule has 0 atom stereocenters. The largest absolute Gasteiger partial charge is 0.454 e. The Morgan fingerprint density at radius 2 is 1.00 bits per heavy atom. The van der Waals surface area contributed by atoms with Crippen molar-refractivity contribution in [2.24, 2.45) is 0 Å². The van der Waals surface area contributed by atoms with Crippen LogP contribution in [-0.2, 0) is 0 Å². The van der Waals surface area contributed by atoms with E-state index in [2.05, 4.69) is 198 Å². The van der Waals surface area contributed by atoms with Gasteiger partial charge in [0.05, 0.1) is 16.6 Å². The highest BCUT2D eigenvalue weighted by Gasteiger charge is 2.21. The number of furan rings is 2. The second-order valence-electron chi connectivity index (χ2n) is 14.9. The van der Waals surface area contributed by atoms with Gasteiger partial charge in [0.2, 0.25) is 5.71 Å². The number of aromatic nitrogens is 1. The van der Waals surface area contributed by atoms with Crippen molar-refractivity contribution >= 4 is 82.7 Å². The number of hydrogen-bond donors (Lipinski definition) is 0. The van der Waals surface area contributed by atoms with E-state index in [-0.39, 0.29) is 0 Å². The minimum atomic E-state index is 0.863. The molecule has 3 heterocycles. The van der Waals surface area contributed by atoms with Crippen molar-refractivity contribution in [2.75, 3.05) is 4.90 Å². The van der Waals surface area contributed by atoms with E-state index in [1.165, 1.54) is 21.9 Å². The van der Waals surface area contributed by atoms with Crippen LogP contribution in [0.1, 0.15) is 0 Å². The molecule has 0 bridgehead atoms. The highest BCUT2D eigenvalue weighted by Crippen LogP contribution is 2.44. The Hall–Kier alpha value is -7.82. The minimum absolute atomic E-state index is 0.863. The number of fused-ring (bicyclic) bond motifs is 9. The van der Waals surface area contributed by atoms with Gasteiger partial charge in [-0.3, -0.25) is 4.57 Å². The fraction of sp³-hybridized carbons (Fsp3) is 0. The molecule has 4 heteroatoms. The predicted molar refractivity (Wildman–Crippen MR) is 241 cm³/mol. The third-order valence-electron chi connectivity index (χ3n) is 11.6. The van der Waals surface area contributed by atoms with Crippen LogP contribution < -0.4 is 4.90 Å². The molecule has 0 aliphatic rings. The maximum Gasteiger partial charge on any atom is 0.213 e. The molecule has 0 saturated carbocycles. The van der Waals surface area contributed by atoms with Crippen LogP contribution in [0.3, 0.4) is 0 Å². The van der Waals surface area contributed by atoms with Crippen LogP contribution in [0, 0.1) is 0 Å². The Kier molecular flexibility index (Phi) is 7.20. The summed E-state index contributed by atoms with van der Waals surface area (Å²) in [6.45, 7) is 0. The van der Waals surface area contributed by atoms with Gasteiger partial charge >= 0.3 is 0 Å². The van der Waals surface area contributed by atoms with E-state index in [1.807, 2.05) is 18.2 Å². The zero-order valence-electron chi connectivity index (χ0n) is 31.3. The average Bonchev–Trinajstić information content (AvgIpc) is 3.96. The summed E-state index contributed by atoms with van der Waals surface area (Å²) in [6.07, 6.45) is 0. The van der Waals surface area contributed by atoms with Gasteiger partial charge in [-0.1, -0.05) is 133 Å². The van der Waals surface area contributed by atoms with Gasteiger partial charge in [-0.05, 0) is 106 Å². The Balaban J connectivity index is 0.975. The van der Waals surface area contributed by atoms with Crippen molar-refractivity contribution in [1.29, 1.82) is 0 Å². The van der Waals surface area contributed by atoms with Crippen molar-refractivity contribution in [3.63, 3.8) is 0 Å². The lowest BCUT2D eigenvalue weighted by atomic mass is 9.99. The van der Waals surface area contributed by atoms with Crippen molar-refractivity contribution in [1.82, 2.24) is 4.57 Å². The van der Waals surface area contributed by atoms with Gasteiger partial charge in [0.1, 0.15) is 11.2 Å². The lowest BCUT2D eigenvalue weighted by molar-refractivity contribution is 0.645. The summed E-state index contributed by atoms with van der Waals surface area (Å²) in [5.41, 5.74) is 13.5. The minimum Gasteiger partial charge on any atom is -0.454 e. The van der Waals surface area contributed by atoms with Gasteiger partial charge in [0.15, 0.2) is 5.58 Å². The third kappa shape index (κ3) is 5.09. The Bertz CT molecular complexity index is 3500. The standard InChI is InChI=1S/C54H34N2O2/c1-3-12-35(13-4-1)36-24-28-42(29-25-36)55(49-20-11-18-45-44-16-8-10-21-50(44)57-53(45)49)43-30-26-38-32-37(22-23-39(38)33-43)40-27-31-51-47(34-40)52-46-17-7-9-19-48(46)56(54(52)58-51)41-14-5-2-6-15-41/h1-34H. The molecule has 4 nitrogen and oxygen atoms in total. The second kappa shape index (κ2) is 12.9. The van der Waals surface area contributed by atoms with Crippen LogP contribution in [0.5, 0.6) is 0 Å². The summed E-state index contributed by atoms with van der Waals surface area (Å²) in [5, 5.41) is 7.96. The van der Waals surface area contributed by atoms with Gasteiger partial charge in [-0.2, -0.15) is 0 Å². The molecule has 3 aromatic heterocycles. The normalized spacial score (nSPS) is 11.8. The zero-order chi connectivity index (χ0) is 38.2. The molecule has 12 rings (SSSR count). The maximum atomic E-state index is 6.62. The average molecular weight is 743 g/mol. The number of rotatable bonds is 6. The molecule has 0 saturated heterocycles. The number of benzene rings is 9. The molecule has 58 heavy (non-hydrogen) atoms. The van der Waals surface area contributed by atoms with Gasteiger partial charge in [-0.25, -0.2) is 0 Å². The Morgan fingerprint density at radius 1 is 0.379 bits per heavy atom. The smallest absolute Gasteiger partial charge is 0.213 e. The second-order valence-corrected chi connectivity index (χ2v) is 14.9. The molecule has 0 radical (unpaired) electrons.